The lowest BCUT2D eigenvalue weighted by Crippen LogP contribution is -2.52. The van der Waals surface area contributed by atoms with E-state index in [4.69, 9.17) is 9.47 Å². The molecule has 7 rings (SSSR count). The van der Waals surface area contributed by atoms with Crippen LogP contribution in [0.3, 0.4) is 0 Å². The molecule has 3 aliphatic heterocycles. The number of aliphatic hydroxyl groups excluding tert-OH is 1. The van der Waals surface area contributed by atoms with Crippen LogP contribution in [0.5, 0.6) is 5.75 Å². The second-order valence-corrected chi connectivity index (χ2v) is 19.4. The molecule has 3 aliphatic rings. The highest BCUT2D eigenvalue weighted by atomic mass is 79.9. The predicted molar refractivity (Wildman–Crippen MR) is 193 cm³/mol. The number of hydrogen-bond acceptors (Lipinski definition) is 5. The SMILES string of the molecule is COc1ccc([Si](C)(C)[C@H]2[C@H](CC(=O)N3Cc4ccccc4C[C@H]3CO)O[C@@]3(C(=O)N(c4ccccc4)c4ccc(Br)cc43)[C@@H]2C)cc1. The Morgan fingerprint density at radius 2 is 1.69 bits per heavy atom. The molecule has 1 N–H and O–H groups in total. The minimum Gasteiger partial charge on any atom is -0.497 e. The minimum atomic E-state index is -2.45. The zero-order valence-corrected chi connectivity index (χ0v) is 30.3. The highest BCUT2D eigenvalue weighted by Crippen LogP contribution is 2.61. The van der Waals surface area contributed by atoms with Crippen molar-refractivity contribution in [3.05, 3.63) is 118 Å². The second kappa shape index (κ2) is 12.6. The fourth-order valence-corrected chi connectivity index (χ4v) is 12.9. The van der Waals surface area contributed by atoms with Crippen molar-refractivity contribution in [2.75, 3.05) is 18.6 Å². The number of carbonyl (C=O) groups excluding carboxylic acids is 2. The Morgan fingerprint density at radius 3 is 2.38 bits per heavy atom. The van der Waals surface area contributed by atoms with Gasteiger partial charge in [0.1, 0.15) is 5.75 Å². The third kappa shape index (κ3) is 5.23. The molecule has 0 unspecified atom stereocenters. The molecule has 4 aromatic rings. The molecule has 0 bridgehead atoms. The van der Waals surface area contributed by atoms with Crippen LogP contribution in [0.15, 0.2) is 102 Å². The van der Waals surface area contributed by atoms with Gasteiger partial charge >= 0.3 is 0 Å². The number of methoxy groups -OCH3 is 1. The quantitative estimate of drug-likeness (QED) is 0.215. The molecule has 2 amide bonds. The van der Waals surface area contributed by atoms with Gasteiger partial charge in [0.25, 0.3) is 5.91 Å². The summed E-state index contributed by atoms with van der Waals surface area (Å²) in [5, 5.41) is 11.6. The summed E-state index contributed by atoms with van der Waals surface area (Å²) < 4.78 is 13.6. The van der Waals surface area contributed by atoms with Gasteiger partial charge in [0.2, 0.25) is 5.91 Å². The molecule has 248 valence electrons. The molecule has 9 heteroatoms. The summed E-state index contributed by atoms with van der Waals surface area (Å²) in [4.78, 5) is 33.1. The number of amides is 2. The van der Waals surface area contributed by atoms with E-state index in [1.807, 2.05) is 77.7 Å². The van der Waals surface area contributed by atoms with E-state index in [1.54, 1.807) is 12.0 Å². The first-order valence-corrected chi connectivity index (χ1v) is 20.5. The van der Waals surface area contributed by atoms with Crippen molar-refractivity contribution in [3.63, 3.8) is 0 Å². The maximum absolute atomic E-state index is 15.0. The predicted octanol–water partition coefficient (Wildman–Crippen LogP) is 6.69. The molecule has 1 fully saturated rings. The summed E-state index contributed by atoms with van der Waals surface area (Å²) >= 11 is 3.68. The van der Waals surface area contributed by atoms with Gasteiger partial charge in [0, 0.05) is 28.2 Å². The summed E-state index contributed by atoms with van der Waals surface area (Å²) in [5.41, 5.74) is 3.27. The largest absolute Gasteiger partial charge is 0.497 e. The van der Waals surface area contributed by atoms with Crippen LogP contribution < -0.4 is 14.8 Å². The van der Waals surface area contributed by atoms with E-state index in [1.165, 1.54) is 5.19 Å². The van der Waals surface area contributed by atoms with E-state index in [0.717, 1.165) is 38.3 Å². The highest BCUT2D eigenvalue weighted by Gasteiger charge is 2.67. The minimum absolute atomic E-state index is 0.0674. The summed E-state index contributed by atoms with van der Waals surface area (Å²) in [6.45, 7) is 7.10. The van der Waals surface area contributed by atoms with Crippen molar-refractivity contribution >= 4 is 52.4 Å². The molecule has 5 atom stereocenters. The standard InChI is InChI=1S/C39H41BrN2O5Si/c1-25-37(48(3,4)32-17-15-31(46-2)16-18-32)35(22-36(44)41-23-27-11-9-8-10-26(27)20-30(41)24-43)47-39(25)33-21-28(40)14-19-34(33)42(38(39)45)29-12-6-5-7-13-29/h5-19,21,25,30,35,37,43H,20,22-24H2,1-4H3/t25-,30+,35+,37-,39+/m1/s1. The number of fused-ring (bicyclic) bond motifs is 3. The van der Waals surface area contributed by atoms with Crippen LogP contribution in [0.25, 0.3) is 0 Å². The van der Waals surface area contributed by atoms with E-state index < -0.39 is 19.8 Å². The van der Waals surface area contributed by atoms with E-state index in [2.05, 4.69) is 60.2 Å². The topological polar surface area (TPSA) is 79.3 Å². The molecule has 0 aliphatic carbocycles. The Balaban J connectivity index is 1.32. The fourth-order valence-electron chi connectivity index (χ4n) is 8.58. The molecule has 0 radical (unpaired) electrons. The average Bonchev–Trinajstić information content (AvgIpc) is 3.53. The van der Waals surface area contributed by atoms with E-state index in [-0.39, 0.29) is 42.3 Å². The number of hydrogen-bond donors (Lipinski definition) is 1. The molecule has 7 nitrogen and oxygen atoms in total. The highest BCUT2D eigenvalue weighted by molar-refractivity contribution is 9.10. The van der Waals surface area contributed by atoms with E-state index in [0.29, 0.717) is 13.0 Å². The van der Waals surface area contributed by atoms with Gasteiger partial charge in [-0.05, 0) is 65.6 Å². The number of benzene rings is 4. The zero-order chi connectivity index (χ0) is 33.8. The van der Waals surface area contributed by atoms with Gasteiger partial charge in [-0.3, -0.25) is 14.5 Å². The van der Waals surface area contributed by atoms with E-state index >= 15 is 4.79 Å². The number of halogens is 1. The Bertz CT molecular complexity index is 1850. The van der Waals surface area contributed by atoms with Crippen LogP contribution in [-0.2, 0) is 32.9 Å². The Kier molecular flexibility index (Phi) is 8.60. The number of anilines is 2. The van der Waals surface area contributed by atoms with Gasteiger partial charge < -0.3 is 19.5 Å². The third-order valence-electron chi connectivity index (χ3n) is 11.0. The number of para-hydroxylation sites is 1. The summed E-state index contributed by atoms with van der Waals surface area (Å²) in [6.07, 6.45) is 0.190. The molecule has 1 spiro atoms. The number of aliphatic hydroxyl groups is 1. The lowest BCUT2D eigenvalue weighted by Gasteiger charge is -2.39. The van der Waals surface area contributed by atoms with Crippen LogP contribution in [-0.4, -0.2) is 55.8 Å². The third-order valence-corrected chi connectivity index (χ3v) is 15.8. The van der Waals surface area contributed by atoms with Crippen LogP contribution >= 0.6 is 15.9 Å². The first kappa shape index (κ1) is 32.8. The molecule has 4 aromatic carbocycles. The summed E-state index contributed by atoms with van der Waals surface area (Å²) in [6, 6.07) is 31.7. The van der Waals surface area contributed by atoms with Crippen molar-refractivity contribution in [1.82, 2.24) is 4.90 Å². The van der Waals surface area contributed by atoms with Crippen LogP contribution in [0.2, 0.25) is 18.6 Å². The first-order valence-electron chi connectivity index (χ1n) is 16.6. The lowest BCUT2D eigenvalue weighted by molar-refractivity contribution is -0.150. The van der Waals surface area contributed by atoms with E-state index in [9.17, 15) is 9.90 Å². The lowest BCUT2D eigenvalue weighted by atomic mass is 9.82. The van der Waals surface area contributed by atoms with Gasteiger partial charge in [0.05, 0.1) is 46.0 Å². The Morgan fingerprint density at radius 1 is 1.00 bits per heavy atom. The number of ether oxygens (including phenoxy) is 2. The van der Waals surface area contributed by atoms with Gasteiger partial charge in [-0.15, -0.1) is 0 Å². The Labute approximate surface area is 291 Å². The van der Waals surface area contributed by atoms with Crippen molar-refractivity contribution < 1.29 is 24.2 Å². The molecule has 0 aromatic heterocycles. The van der Waals surface area contributed by atoms with Gasteiger partial charge in [-0.1, -0.05) is 95.7 Å². The second-order valence-electron chi connectivity index (χ2n) is 13.8. The molecule has 48 heavy (non-hydrogen) atoms. The fraction of sp³-hybridized carbons (Fsp3) is 0.333. The summed E-state index contributed by atoms with van der Waals surface area (Å²) in [7, 11) is -0.789. The summed E-state index contributed by atoms with van der Waals surface area (Å²) in [5.74, 6) is 0.339. The van der Waals surface area contributed by atoms with Crippen molar-refractivity contribution in [2.24, 2.45) is 5.92 Å². The smallest absolute Gasteiger partial charge is 0.268 e. The monoisotopic (exact) mass is 724 g/mol. The molecular weight excluding hydrogens is 684 g/mol. The van der Waals surface area contributed by atoms with Crippen LogP contribution in [0.1, 0.15) is 30.0 Å². The normalized spacial score (nSPS) is 24.9. The molecule has 1 saturated heterocycles. The number of rotatable bonds is 7. The van der Waals surface area contributed by atoms with Crippen molar-refractivity contribution in [1.29, 1.82) is 0 Å². The molecular formula is C39H41BrN2O5Si. The van der Waals surface area contributed by atoms with Gasteiger partial charge in [0.15, 0.2) is 5.60 Å². The maximum Gasteiger partial charge on any atom is 0.268 e. The molecule has 3 heterocycles. The van der Waals surface area contributed by atoms with Crippen molar-refractivity contribution in [3.8, 4) is 5.75 Å². The Hall–Kier alpha value is -3.76. The van der Waals surface area contributed by atoms with Crippen LogP contribution in [0.4, 0.5) is 11.4 Å². The maximum atomic E-state index is 15.0. The zero-order valence-electron chi connectivity index (χ0n) is 27.7. The average molecular weight is 726 g/mol. The number of carbonyl (C=O) groups is 2. The van der Waals surface area contributed by atoms with Gasteiger partial charge in [-0.25, -0.2) is 0 Å². The van der Waals surface area contributed by atoms with Crippen LogP contribution in [0, 0.1) is 5.92 Å². The van der Waals surface area contributed by atoms with Gasteiger partial charge in [-0.2, -0.15) is 0 Å². The first-order chi connectivity index (χ1) is 23.1. The molecule has 0 saturated carbocycles. The number of nitrogens with zero attached hydrogens (tertiary/aromatic N) is 2. The van der Waals surface area contributed by atoms with Crippen molar-refractivity contribution in [2.45, 2.75) is 62.7 Å².